The maximum atomic E-state index is 12.0. The van der Waals surface area contributed by atoms with E-state index in [-0.39, 0.29) is 6.61 Å². The van der Waals surface area contributed by atoms with Crippen molar-refractivity contribution in [3.8, 4) is 0 Å². The van der Waals surface area contributed by atoms with Gasteiger partial charge in [-0.1, -0.05) is 13.8 Å². The highest BCUT2D eigenvalue weighted by atomic mass is 16.5. The van der Waals surface area contributed by atoms with Crippen LogP contribution in [0.25, 0.3) is 0 Å². The van der Waals surface area contributed by atoms with Crippen LogP contribution in [0.4, 0.5) is 0 Å². The Morgan fingerprint density at radius 2 is 2.06 bits per heavy atom. The van der Waals surface area contributed by atoms with E-state index in [4.69, 9.17) is 4.74 Å². The number of rotatable bonds is 4. The second-order valence-electron chi connectivity index (χ2n) is 4.68. The fourth-order valence-corrected chi connectivity index (χ4v) is 2.47. The highest BCUT2D eigenvalue weighted by molar-refractivity contribution is 5.94. The summed E-state index contributed by atoms with van der Waals surface area (Å²) in [5.74, 6) is -2.20. The molecule has 0 aromatic heterocycles. The van der Waals surface area contributed by atoms with Crippen LogP contribution >= 0.6 is 0 Å². The minimum Gasteiger partial charge on any atom is -0.481 e. The van der Waals surface area contributed by atoms with Gasteiger partial charge in [0, 0.05) is 5.41 Å². The summed E-state index contributed by atoms with van der Waals surface area (Å²) >= 11 is 0. The molecule has 0 radical (unpaired) electrons. The average molecular weight is 238 g/mol. The van der Waals surface area contributed by atoms with E-state index in [0.717, 1.165) is 0 Å². The second-order valence-corrected chi connectivity index (χ2v) is 4.68. The monoisotopic (exact) mass is 238 g/mol. The lowest BCUT2D eigenvalue weighted by atomic mass is 9.96. The van der Waals surface area contributed by atoms with E-state index in [1.165, 1.54) is 6.08 Å². The summed E-state index contributed by atoms with van der Waals surface area (Å²) < 4.78 is 4.99. The summed E-state index contributed by atoms with van der Waals surface area (Å²) in [6.45, 7) is 7.23. The summed E-state index contributed by atoms with van der Waals surface area (Å²) in [5, 5.41) is 9.18. The predicted octanol–water partition coefficient (Wildman–Crippen LogP) is 2.01. The SMILES string of the molecule is CC=C=CC1(C(=O)OCC)C(C(=O)O)C1(C)C. The van der Waals surface area contributed by atoms with E-state index < -0.39 is 28.7 Å². The molecule has 0 aromatic rings. The van der Waals surface area contributed by atoms with Crippen molar-refractivity contribution in [1.82, 2.24) is 0 Å². The molecule has 4 nitrogen and oxygen atoms in total. The maximum absolute atomic E-state index is 12.0. The average Bonchev–Trinajstić information content (AvgIpc) is 2.73. The summed E-state index contributed by atoms with van der Waals surface area (Å²) in [5.41, 5.74) is 1.10. The Bertz CT molecular complexity index is 402. The van der Waals surface area contributed by atoms with E-state index in [2.05, 4.69) is 5.73 Å². The normalized spacial score (nSPS) is 28.8. The minimum absolute atomic E-state index is 0.243. The van der Waals surface area contributed by atoms with Gasteiger partial charge < -0.3 is 9.84 Å². The van der Waals surface area contributed by atoms with Crippen LogP contribution in [0, 0.1) is 16.7 Å². The van der Waals surface area contributed by atoms with Gasteiger partial charge in [0.1, 0.15) is 5.41 Å². The zero-order valence-corrected chi connectivity index (χ0v) is 10.6. The van der Waals surface area contributed by atoms with E-state index >= 15 is 0 Å². The fraction of sp³-hybridized carbons (Fsp3) is 0.615. The van der Waals surface area contributed by atoms with Crippen LogP contribution in [-0.4, -0.2) is 23.7 Å². The summed E-state index contributed by atoms with van der Waals surface area (Å²) in [6, 6.07) is 0. The molecule has 94 valence electrons. The van der Waals surface area contributed by atoms with Gasteiger partial charge >= 0.3 is 11.9 Å². The highest BCUT2D eigenvalue weighted by Crippen LogP contribution is 2.70. The molecule has 1 fully saturated rings. The van der Waals surface area contributed by atoms with E-state index in [1.807, 2.05) is 0 Å². The van der Waals surface area contributed by atoms with Gasteiger partial charge in [-0.05, 0) is 26.0 Å². The van der Waals surface area contributed by atoms with Gasteiger partial charge in [0.15, 0.2) is 0 Å². The molecule has 0 saturated heterocycles. The lowest BCUT2D eigenvalue weighted by molar-refractivity contribution is -0.151. The highest BCUT2D eigenvalue weighted by Gasteiger charge is 2.78. The first-order valence-electron chi connectivity index (χ1n) is 5.64. The van der Waals surface area contributed by atoms with Gasteiger partial charge in [0.25, 0.3) is 0 Å². The summed E-state index contributed by atoms with van der Waals surface area (Å²) in [7, 11) is 0. The van der Waals surface area contributed by atoms with E-state index in [9.17, 15) is 14.7 Å². The zero-order chi connectivity index (χ0) is 13.3. The molecule has 1 aliphatic rings. The van der Waals surface area contributed by atoms with E-state index in [1.54, 1.807) is 33.8 Å². The van der Waals surface area contributed by atoms with Crippen molar-refractivity contribution >= 4 is 11.9 Å². The number of carbonyl (C=O) groups is 2. The van der Waals surface area contributed by atoms with Gasteiger partial charge in [-0.15, -0.1) is 5.73 Å². The lowest BCUT2D eigenvalue weighted by Crippen LogP contribution is -2.23. The molecule has 0 amide bonds. The molecule has 0 aliphatic heterocycles. The number of carbonyl (C=O) groups excluding carboxylic acids is 1. The first kappa shape index (κ1) is 13.5. The number of carboxylic acid groups (broad SMARTS) is 1. The lowest BCUT2D eigenvalue weighted by Gasteiger charge is -2.12. The fourth-order valence-electron chi connectivity index (χ4n) is 2.47. The first-order chi connectivity index (χ1) is 7.86. The molecule has 1 aliphatic carbocycles. The first-order valence-corrected chi connectivity index (χ1v) is 5.64. The van der Waals surface area contributed by atoms with Gasteiger partial charge in [-0.3, -0.25) is 9.59 Å². The van der Waals surface area contributed by atoms with Crippen LogP contribution < -0.4 is 0 Å². The molecule has 0 aromatic carbocycles. The van der Waals surface area contributed by atoms with Crippen molar-refractivity contribution < 1.29 is 19.4 Å². The molecule has 0 bridgehead atoms. The van der Waals surface area contributed by atoms with Crippen LogP contribution in [0.5, 0.6) is 0 Å². The molecular formula is C13H18O4. The largest absolute Gasteiger partial charge is 0.481 e. The third-order valence-corrected chi connectivity index (χ3v) is 3.50. The molecule has 0 spiro atoms. The Hall–Kier alpha value is -1.54. The number of aliphatic carboxylic acids is 1. The van der Waals surface area contributed by atoms with Crippen LogP contribution in [0.3, 0.4) is 0 Å². The van der Waals surface area contributed by atoms with Crippen LogP contribution in [0.15, 0.2) is 17.9 Å². The number of esters is 1. The number of hydrogen-bond donors (Lipinski definition) is 1. The zero-order valence-electron chi connectivity index (χ0n) is 10.6. The smallest absolute Gasteiger partial charge is 0.318 e. The number of ether oxygens (including phenoxy) is 1. The number of hydrogen-bond acceptors (Lipinski definition) is 3. The van der Waals surface area contributed by atoms with Gasteiger partial charge in [-0.2, -0.15) is 0 Å². The van der Waals surface area contributed by atoms with Crippen molar-refractivity contribution in [3.05, 3.63) is 17.9 Å². The van der Waals surface area contributed by atoms with Crippen molar-refractivity contribution in [3.63, 3.8) is 0 Å². The maximum Gasteiger partial charge on any atom is 0.318 e. The molecule has 17 heavy (non-hydrogen) atoms. The molecular weight excluding hydrogens is 220 g/mol. The standard InChI is InChI=1S/C13H18O4/c1-5-7-8-13(11(16)17-6-2)9(10(14)15)12(13,3)4/h5,8-9H,6H2,1-4H3,(H,14,15). The molecule has 1 N–H and O–H groups in total. The van der Waals surface area contributed by atoms with Gasteiger partial charge in [0.05, 0.1) is 12.5 Å². The molecule has 1 rings (SSSR count). The van der Waals surface area contributed by atoms with Gasteiger partial charge in [0.2, 0.25) is 0 Å². The third kappa shape index (κ3) is 1.79. The Morgan fingerprint density at radius 3 is 2.41 bits per heavy atom. The molecule has 2 atom stereocenters. The molecule has 4 heteroatoms. The third-order valence-electron chi connectivity index (χ3n) is 3.50. The summed E-state index contributed by atoms with van der Waals surface area (Å²) in [6.07, 6.45) is 3.18. The van der Waals surface area contributed by atoms with Gasteiger partial charge in [-0.25, -0.2) is 0 Å². The second kappa shape index (κ2) is 4.38. The minimum atomic E-state index is -1.08. The van der Waals surface area contributed by atoms with Crippen molar-refractivity contribution in [1.29, 1.82) is 0 Å². The van der Waals surface area contributed by atoms with Crippen molar-refractivity contribution in [2.45, 2.75) is 27.7 Å². The summed E-state index contributed by atoms with van der Waals surface area (Å²) in [4.78, 5) is 23.2. The molecule has 0 heterocycles. The Balaban J connectivity index is 3.20. The van der Waals surface area contributed by atoms with Crippen LogP contribution in [-0.2, 0) is 14.3 Å². The quantitative estimate of drug-likeness (QED) is 0.601. The topological polar surface area (TPSA) is 63.6 Å². The molecule has 1 saturated carbocycles. The predicted molar refractivity (Wildman–Crippen MR) is 62.3 cm³/mol. The Morgan fingerprint density at radius 1 is 1.47 bits per heavy atom. The van der Waals surface area contributed by atoms with Crippen LogP contribution in [0.2, 0.25) is 0 Å². The van der Waals surface area contributed by atoms with E-state index in [0.29, 0.717) is 0 Å². The van der Waals surface area contributed by atoms with Crippen molar-refractivity contribution in [2.75, 3.05) is 6.61 Å². The Kier molecular flexibility index (Phi) is 3.48. The number of carboxylic acids is 1. The van der Waals surface area contributed by atoms with Crippen LogP contribution in [0.1, 0.15) is 27.7 Å². The Labute approximate surface area is 101 Å². The molecule has 2 unspecified atom stereocenters. The van der Waals surface area contributed by atoms with Crippen molar-refractivity contribution in [2.24, 2.45) is 16.7 Å².